The molecule has 1 saturated heterocycles. The van der Waals surface area contributed by atoms with Crippen molar-refractivity contribution in [2.45, 2.75) is 97.3 Å². The zero-order valence-corrected chi connectivity index (χ0v) is 33.9. The SMILES string of the molecule is CC[C@H]1[C@H](C)[C@@H](NC(=O)[C@@H]2CCCCN2Cc2cccc(-c3cc(C(=O)NC(Cc4ccccc4)CN(C)C)cc(N(C)C)c3)c2OC)CCC1(C)C. The Morgan fingerprint density at radius 2 is 1.74 bits per heavy atom. The van der Waals surface area contributed by atoms with Gasteiger partial charge in [-0.1, -0.05) is 89.1 Å². The van der Waals surface area contributed by atoms with Gasteiger partial charge in [0.05, 0.1) is 13.2 Å². The van der Waals surface area contributed by atoms with E-state index in [2.05, 4.69) is 84.5 Å². The van der Waals surface area contributed by atoms with Gasteiger partial charge in [0.2, 0.25) is 5.91 Å². The highest BCUT2D eigenvalue weighted by molar-refractivity contribution is 5.97. The summed E-state index contributed by atoms with van der Waals surface area (Å²) in [6, 6.07) is 22.6. The molecular formula is C45H65N5O3. The molecule has 2 fully saturated rings. The molecule has 1 saturated carbocycles. The van der Waals surface area contributed by atoms with E-state index in [1.54, 1.807) is 7.11 Å². The lowest BCUT2D eigenvalue weighted by Gasteiger charge is -2.47. The minimum atomic E-state index is -0.169. The van der Waals surface area contributed by atoms with Crippen molar-refractivity contribution in [2.24, 2.45) is 17.3 Å². The third kappa shape index (κ3) is 10.0. The number of amides is 2. The van der Waals surface area contributed by atoms with Crippen LogP contribution < -0.4 is 20.3 Å². The highest BCUT2D eigenvalue weighted by Gasteiger charge is 2.42. The van der Waals surface area contributed by atoms with Gasteiger partial charge >= 0.3 is 0 Å². The second-order valence-electron chi connectivity index (χ2n) is 16.8. The average Bonchev–Trinajstić information content (AvgIpc) is 3.13. The number of nitrogens with one attached hydrogen (secondary N) is 2. The normalized spacial score (nSPS) is 22.2. The number of hydrogen-bond acceptors (Lipinski definition) is 6. The summed E-state index contributed by atoms with van der Waals surface area (Å²) in [4.78, 5) is 34.5. The Kier molecular flexibility index (Phi) is 13.7. The van der Waals surface area contributed by atoms with E-state index >= 15 is 0 Å². The van der Waals surface area contributed by atoms with Crippen molar-refractivity contribution in [2.75, 3.05) is 53.3 Å². The van der Waals surface area contributed by atoms with Crippen LogP contribution in [0.15, 0.2) is 66.7 Å². The standard InChI is InChI=1S/C45H65N5O3/c1-10-39-31(2)40(22-23-45(39,3)4)47-44(52)41-21-14-15-24-50(41)29-33-19-16-20-38(42(33)53-9)34-26-35(28-37(27-34)49(7)8)43(51)46-36(30-48(5)6)25-32-17-12-11-13-18-32/h11-13,16-20,26-28,31,36,39-41H,10,14-15,21-25,29-30H2,1-9H3,(H,46,51)(H,47,52)/t31-,36?,39-,40-,41-/m0/s1. The fraction of sp³-hybridized carbons (Fsp3) is 0.556. The summed E-state index contributed by atoms with van der Waals surface area (Å²) in [5.74, 6) is 1.90. The molecule has 0 bridgehead atoms. The summed E-state index contributed by atoms with van der Waals surface area (Å²) >= 11 is 0. The molecule has 5 rings (SSSR count). The largest absolute Gasteiger partial charge is 0.496 e. The maximum atomic E-state index is 14.0. The van der Waals surface area contributed by atoms with Crippen LogP contribution in [0, 0.1) is 17.3 Å². The van der Waals surface area contributed by atoms with E-state index in [0.717, 1.165) is 86.2 Å². The maximum Gasteiger partial charge on any atom is 0.251 e. The molecule has 53 heavy (non-hydrogen) atoms. The molecule has 0 aromatic heterocycles. The van der Waals surface area contributed by atoms with Crippen LogP contribution in [0.4, 0.5) is 5.69 Å². The second kappa shape index (κ2) is 18.0. The van der Waals surface area contributed by atoms with Crippen LogP contribution in [-0.4, -0.2) is 88.1 Å². The Balaban J connectivity index is 1.38. The van der Waals surface area contributed by atoms with Gasteiger partial charge in [-0.05, 0) is 99.3 Å². The molecule has 3 aromatic rings. The third-order valence-corrected chi connectivity index (χ3v) is 12.0. The van der Waals surface area contributed by atoms with Gasteiger partial charge in [-0.3, -0.25) is 14.5 Å². The minimum Gasteiger partial charge on any atom is -0.496 e. The molecule has 1 aliphatic carbocycles. The minimum absolute atomic E-state index is 0.0554. The number of likely N-dealkylation sites (N-methyl/N-ethyl adjacent to an activating group) is 1. The Hall–Kier alpha value is -3.88. The Morgan fingerprint density at radius 3 is 2.42 bits per heavy atom. The first-order valence-electron chi connectivity index (χ1n) is 19.8. The number of likely N-dealkylation sites (tertiary alicyclic amines) is 1. The third-order valence-electron chi connectivity index (χ3n) is 12.0. The van der Waals surface area contributed by atoms with Gasteiger partial charge in [0.25, 0.3) is 5.91 Å². The predicted molar refractivity (Wildman–Crippen MR) is 219 cm³/mol. The first-order valence-corrected chi connectivity index (χ1v) is 19.8. The van der Waals surface area contributed by atoms with Gasteiger partial charge in [-0.15, -0.1) is 0 Å². The lowest BCUT2D eigenvalue weighted by molar-refractivity contribution is -0.130. The van der Waals surface area contributed by atoms with E-state index < -0.39 is 0 Å². The smallest absolute Gasteiger partial charge is 0.251 e. The number of carbonyl (C=O) groups is 2. The van der Waals surface area contributed by atoms with Crippen molar-refractivity contribution < 1.29 is 14.3 Å². The number of ether oxygens (including phenoxy) is 1. The van der Waals surface area contributed by atoms with E-state index in [1.165, 1.54) is 5.56 Å². The Labute approximate surface area is 319 Å². The van der Waals surface area contributed by atoms with Crippen molar-refractivity contribution in [1.82, 2.24) is 20.4 Å². The van der Waals surface area contributed by atoms with Crippen LogP contribution in [0.3, 0.4) is 0 Å². The summed E-state index contributed by atoms with van der Waals surface area (Å²) in [7, 11) is 9.78. The molecule has 0 spiro atoms. The Bertz CT molecular complexity index is 1670. The molecule has 1 unspecified atom stereocenters. The van der Waals surface area contributed by atoms with Crippen LogP contribution in [0.5, 0.6) is 5.75 Å². The Morgan fingerprint density at radius 1 is 0.981 bits per heavy atom. The van der Waals surface area contributed by atoms with Gasteiger partial charge in [-0.2, -0.15) is 0 Å². The molecule has 8 heteroatoms. The highest BCUT2D eigenvalue weighted by Crippen LogP contribution is 2.45. The molecule has 2 N–H and O–H groups in total. The van der Waals surface area contributed by atoms with Crippen molar-refractivity contribution in [1.29, 1.82) is 0 Å². The van der Waals surface area contributed by atoms with E-state index in [0.29, 0.717) is 29.4 Å². The number of para-hydroxylation sites is 1. The van der Waals surface area contributed by atoms with Crippen LogP contribution in [0.1, 0.15) is 87.7 Å². The molecule has 5 atom stereocenters. The van der Waals surface area contributed by atoms with Gasteiger partial charge in [0.15, 0.2) is 0 Å². The fourth-order valence-corrected chi connectivity index (χ4v) is 9.17. The number of rotatable bonds is 14. The molecular weight excluding hydrogens is 659 g/mol. The van der Waals surface area contributed by atoms with E-state index in [4.69, 9.17) is 4.74 Å². The average molecular weight is 724 g/mol. The first-order chi connectivity index (χ1) is 25.3. The van der Waals surface area contributed by atoms with E-state index in [1.807, 2.05) is 63.4 Å². The van der Waals surface area contributed by atoms with Crippen molar-refractivity contribution in [3.8, 4) is 16.9 Å². The molecule has 288 valence electrons. The zero-order chi connectivity index (χ0) is 38.3. The van der Waals surface area contributed by atoms with Gasteiger partial charge in [-0.25, -0.2) is 0 Å². The monoisotopic (exact) mass is 724 g/mol. The number of hydrogen-bond donors (Lipinski definition) is 2. The van der Waals surface area contributed by atoms with Crippen molar-refractivity contribution >= 4 is 17.5 Å². The summed E-state index contributed by atoms with van der Waals surface area (Å²) in [6.45, 7) is 11.6. The number of nitrogens with zero attached hydrogens (tertiary/aromatic N) is 3. The molecule has 1 heterocycles. The molecule has 3 aromatic carbocycles. The fourth-order valence-electron chi connectivity index (χ4n) is 9.17. The molecule has 0 radical (unpaired) electrons. The van der Waals surface area contributed by atoms with E-state index in [9.17, 15) is 9.59 Å². The molecule has 8 nitrogen and oxygen atoms in total. The van der Waals surface area contributed by atoms with Gasteiger partial charge in [0, 0.05) is 61.6 Å². The second-order valence-corrected chi connectivity index (χ2v) is 16.8. The van der Waals surface area contributed by atoms with E-state index in [-0.39, 0.29) is 29.9 Å². The lowest BCUT2D eigenvalue weighted by atomic mass is 9.61. The number of piperidine rings is 1. The predicted octanol–water partition coefficient (Wildman–Crippen LogP) is 7.65. The number of methoxy groups -OCH3 is 1. The summed E-state index contributed by atoms with van der Waals surface area (Å²) in [5.41, 5.74) is 5.92. The van der Waals surface area contributed by atoms with Crippen molar-refractivity contribution in [3.05, 3.63) is 83.4 Å². The summed E-state index contributed by atoms with van der Waals surface area (Å²) in [6.07, 6.45) is 7.05. The number of anilines is 1. The van der Waals surface area contributed by atoms with Gasteiger partial charge in [0.1, 0.15) is 5.75 Å². The summed E-state index contributed by atoms with van der Waals surface area (Å²) < 4.78 is 6.18. The molecule has 1 aliphatic heterocycles. The molecule has 2 amide bonds. The van der Waals surface area contributed by atoms with Crippen LogP contribution >= 0.6 is 0 Å². The zero-order valence-electron chi connectivity index (χ0n) is 33.9. The topological polar surface area (TPSA) is 77.2 Å². The van der Waals surface area contributed by atoms with Crippen LogP contribution in [-0.2, 0) is 17.8 Å². The number of benzene rings is 3. The van der Waals surface area contributed by atoms with Gasteiger partial charge < -0.3 is 25.2 Å². The maximum absolute atomic E-state index is 14.0. The lowest BCUT2D eigenvalue weighted by Crippen LogP contribution is -2.55. The first kappa shape index (κ1) is 40.3. The summed E-state index contributed by atoms with van der Waals surface area (Å²) in [5, 5.41) is 6.87. The molecule has 2 aliphatic rings. The van der Waals surface area contributed by atoms with Crippen LogP contribution in [0.25, 0.3) is 11.1 Å². The quantitative estimate of drug-likeness (QED) is 0.178. The van der Waals surface area contributed by atoms with Crippen LogP contribution in [0.2, 0.25) is 0 Å². The number of carbonyl (C=O) groups excluding carboxylic acids is 2. The highest BCUT2D eigenvalue weighted by atomic mass is 16.5. The van der Waals surface area contributed by atoms with Crippen molar-refractivity contribution in [3.63, 3.8) is 0 Å².